The Bertz CT molecular complexity index is 565. The third kappa shape index (κ3) is 3.14. The lowest BCUT2D eigenvalue weighted by atomic mass is 9.77. The van der Waals surface area contributed by atoms with Gasteiger partial charge in [-0.15, -0.1) is 11.3 Å². The first-order valence-corrected chi connectivity index (χ1v) is 8.53. The van der Waals surface area contributed by atoms with E-state index in [2.05, 4.69) is 11.8 Å². The lowest BCUT2D eigenvalue weighted by Gasteiger charge is -2.39. The highest BCUT2D eigenvalue weighted by Gasteiger charge is 2.38. The van der Waals surface area contributed by atoms with Gasteiger partial charge in [-0.05, 0) is 43.2 Å². The van der Waals surface area contributed by atoms with Crippen molar-refractivity contribution in [3.05, 3.63) is 21.9 Å². The largest absolute Gasteiger partial charge is 0.384 e. The highest BCUT2D eigenvalue weighted by Crippen LogP contribution is 2.46. The summed E-state index contributed by atoms with van der Waals surface area (Å²) in [6.07, 6.45) is 7.78. The second-order valence-corrected chi connectivity index (χ2v) is 7.21. The number of aliphatic hydroxyl groups excluding tert-OH is 1. The Morgan fingerprint density at radius 3 is 2.62 bits per heavy atom. The number of carbonyl (C=O) groups is 1. The lowest BCUT2D eigenvalue weighted by molar-refractivity contribution is 0.0592. The number of rotatable bonds is 1. The normalized spacial score (nSPS) is 20.3. The summed E-state index contributed by atoms with van der Waals surface area (Å²) in [6, 6.07) is 3.72. The van der Waals surface area contributed by atoms with E-state index in [0.717, 1.165) is 22.8 Å². The van der Waals surface area contributed by atoms with Gasteiger partial charge in [-0.3, -0.25) is 4.79 Å². The molecule has 1 aliphatic heterocycles. The molecule has 3 rings (SSSR count). The number of likely N-dealkylation sites (tertiary alicyclic amines) is 1. The molecular weight excluding hydrogens is 282 g/mol. The number of aliphatic hydroxyl groups is 1. The fourth-order valence-corrected chi connectivity index (χ4v) is 4.46. The number of amides is 1. The zero-order valence-corrected chi connectivity index (χ0v) is 13.0. The van der Waals surface area contributed by atoms with Gasteiger partial charge in [0.25, 0.3) is 5.91 Å². The van der Waals surface area contributed by atoms with Crippen molar-refractivity contribution < 1.29 is 9.90 Å². The molecule has 112 valence electrons. The van der Waals surface area contributed by atoms with Gasteiger partial charge in [-0.1, -0.05) is 24.7 Å². The summed E-state index contributed by atoms with van der Waals surface area (Å²) < 4.78 is 0. The van der Waals surface area contributed by atoms with Crippen molar-refractivity contribution in [2.45, 2.75) is 38.5 Å². The molecule has 0 atom stereocenters. The van der Waals surface area contributed by atoms with Gasteiger partial charge in [-0.25, -0.2) is 0 Å². The van der Waals surface area contributed by atoms with Crippen LogP contribution < -0.4 is 0 Å². The monoisotopic (exact) mass is 303 g/mol. The lowest BCUT2D eigenvalue weighted by Crippen LogP contribution is -2.42. The van der Waals surface area contributed by atoms with Crippen LogP contribution in [0.25, 0.3) is 0 Å². The molecule has 1 N–H and O–H groups in total. The maximum absolute atomic E-state index is 12.5. The van der Waals surface area contributed by atoms with Crippen LogP contribution in [0.15, 0.2) is 12.1 Å². The van der Waals surface area contributed by atoms with Gasteiger partial charge in [0, 0.05) is 13.1 Å². The van der Waals surface area contributed by atoms with Crippen molar-refractivity contribution in [1.29, 1.82) is 0 Å². The predicted molar refractivity (Wildman–Crippen MR) is 84.3 cm³/mol. The van der Waals surface area contributed by atoms with Crippen molar-refractivity contribution in [2.75, 3.05) is 19.7 Å². The Labute approximate surface area is 130 Å². The van der Waals surface area contributed by atoms with E-state index in [1.807, 2.05) is 17.0 Å². The van der Waals surface area contributed by atoms with E-state index >= 15 is 0 Å². The van der Waals surface area contributed by atoms with Gasteiger partial charge in [-0.2, -0.15) is 0 Å². The standard InChI is InChI=1S/C17H21NO2S/c19-13-3-4-14-5-6-15(21-14)16(20)18-11-9-17(10-12-18)7-1-2-8-17/h5-6,19H,1-2,7-13H2. The first kappa shape index (κ1) is 14.6. The Morgan fingerprint density at radius 2 is 1.95 bits per heavy atom. The number of carbonyl (C=O) groups excluding carboxylic acids is 1. The van der Waals surface area contributed by atoms with Crippen LogP contribution in [0.4, 0.5) is 0 Å². The molecule has 2 aliphatic rings. The van der Waals surface area contributed by atoms with Gasteiger partial charge < -0.3 is 10.0 Å². The third-order valence-corrected chi connectivity index (χ3v) is 5.87. The number of thiophene rings is 1. The van der Waals surface area contributed by atoms with E-state index in [4.69, 9.17) is 5.11 Å². The maximum atomic E-state index is 12.5. The Hall–Kier alpha value is -1.31. The minimum atomic E-state index is -0.143. The fraction of sp³-hybridized carbons (Fsp3) is 0.588. The minimum absolute atomic E-state index is 0.143. The highest BCUT2D eigenvalue weighted by molar-refractivity contribution is 7.14. The SMILES string of the molecule is O=C(c1ccc(C#CCO)s1)N1CCC2(CCCC2)CC1. The van der Waals surface area contributed by atoms with Crippen LogP contribution in [-0.2, 0) is 0 Å². The topological polar surface area (TPSA) is 40.5 Å². The molecule has 0 aromatic carbocycles. The van der Waals surface area contributed by atoms with Crippen LogP contribution in [0.1, 0.15) is 53.1 Å². The Kier molecular flexibility index (Phi) is 4.32. The van der Waals surface area contributed by atoms with Gasteiger partial charge in [0.1, 0.15) is 6.61 Å². The number of nitrogens with zero attached hydrogens (tertiary/aromatic N) is 1. The van der Waals surface area contributed by atoms with Gasteiger partial charge in [0.15, 0.2) is 0 Å². The second kappa shape index (κ2) is 6.21. The molecule has 1 spiro atoms. The van der Waals surface area contributed by atoms with Crippen LogP contribution in [0.3, 0.4) is 0 Å². The van der Waals surface area contributed by atoms with Crippen molar-refractivity contribution in [3.8, 4) is 11.8 Å². The van der Waals surface area contributed by atoms with E-state index < -0.39 is 0 Å². The molecule has 3 nitrogen and oxygen atoms in total. The molecule has 1 aliphatic carbocycles. The van der Waals surface area contributed by atoms with Gasteiger partial charge in [0.05, 0.1) is 9.75 Å². The van der Waals surface area contributed by atoms with Crippen molar-refractivity contribution >= 4 is 17.2 Å². The Balaban J connectivity index is 1.62. The number of hydrogen-bond donors (Lipinski definition) is 1. The van der Waals surface area contributed by atoms with Crippen molar-refractivity contribution in [2.24, 2.45) is 5.41 Å². The molecule has 1 aromatic heterocycles. The van der Waals surface area contributed by atoms with Crippen LogP contribution in [0.5, 0.6) is 0 Å². The smallest absolute Gasteiger partial charge is 0.263 e. The molecule has 1 aromatic rings. The summed E-state index contributed by atoms with van der Waals surface area (Å²) >= 11 is 1.42. The van der Waals surface area contributed by atoms with E-state index in [1.165, 1.54) is 49.9 Å². The minimum Gasteiger partial charge on any atom is -0.384 e. The molecule has 0 bridgehead atoms. The van der Waals surface area contributed by atoms with Crippen LogP contribution in [0.2, 0.25) is 0 Å². The molecule has 2 fully saturated rings. The molecular formula is C17H21NO2S. The van der Waals surface area contributed by atoms with Gasteiger partial charge in [0.2, 0.25) is 0 Å². The number of piperidine rings is 1. The molecule has 1 saturated heterocycles. The van der Waals surface area contributed by atoms with Crippen LogP contribution >= 0.6 is 11.3 Å². The first-order chi connectivity index (χ1) is 10.2. The summed E-state index contributed by atoms with van der Waals surface area (Å²) in [4.78, 5) is 16.1. The molecule has 1 saturated carbocycles. The van der Waals surface area contributed by atoms with Crippen molar-refractivity contribution in [1.82, 2.24) is 4.90 Å². The predicted octanol–water partition coefficient (Wildman–Crippen LogP) is 2.89. The summed E-state index contributed by atoms with van der Waals surface area (Å²) in [5.41, 5.74) is 0.546. The first-order valence-electron chi connectivity index (χ1n) is 7.71. The Morgan fingerprint density at radius 1 is 1.24 bits per heavy atom. The van der Waals surface area contributed by atoms with Crippen molar-refractivity contribution in [3.63, 3.8) is 0 Å². The fourth-order valence-electron chi connectivity index (χ4n) is 3.61. The summed E-state index contributed by atoms with van der Waals surface area (Å²) in [7, 11) is 0. The van der Waals surface area contributed by atoms with Crippen LogP contribution in [-0.4, -0.2) is 35.6 Å². The van der Waals surface area contributed by atoms with Crippen LogP contribution in [0, 0.1) is 17.3 Å². The average Bonchev–Trinajstić information content (AvgIpc) is 3.15. The van der Waals surface area contributed by atoms with E-state index in [1.54, 1.807) is 0 Å². The van der Waals surface area contributed by atoms with E-state index in [-0.39, 0.29) is 12.5 Å². The zero-order valence-electron chi connectivity index (χ0n) is 12.2. The van der Waals surface area contributed by atoms with Gasteiger partial charge >= 0.3 is 0 Å². The van der Waals surface area contributed by atoms with E-state index in [0.29, 0.717) is 5.41 Å². The zero-order chi connectivity index (χ0) is 14.7. The second-order valence-electron chi connectivity index (χ2n) is 6.12. The van der Waals surface area contributed by atoms with E-state index in [9.17, 15) is 4.79 Å². The third-order valence-electron chi connectivity index (χ3n) is 4.88. The summed E-state index contributed by atoms with van der Waals surface area (Å²) in [5, 5.41) is 8.70. The quantitative estimate of drug-likeness (QED) is 0.810. The molecule has 0 radical (unpaired) electrons. The maximum Gasteiger partial charge on any atom is 0.263 e. The average molecular weight is 303 g/mol. The number of hydrogen-bond acceptors (Lipinski definition) is 3. The molecule has 4 heteroatoms. The summed E-state index contributed by atoms with van der Waals surface area (Å²) in [5.74, 6) is 5.62. The summed E-state index contributed by atoms with van der Waals surface area (Å²) in [6.45, 7) is 1.65. The highest BCUT2D eigenvalue weighted by atomic mass is 32.1. The molecule has 1 amide bonds. The molecule has 21 heavy (non-hydrogen) atoms. The molecule has 2 heterocycles. The molecule has 0 unspecified atom stereocenters.